The largest absolute Gasteiger partial charge is 0.497 e. The van der Waals surface area contributed by atoms with Gasteiger partial charge in [-0.2, -0.15) is 0 Å². The van der Waals surface area contributed by atoms with Crippen LogP contribution in [0.4, 0.5) is 0 Å². The lowest BCUT2D eigenvalue weighted by molar-refractivity contribution is 0.414. The smallest absolute Gasteiger partial charge is 0.118 e. The Hall–Kier alpha value is -1.02. The molecular formula is C14H21NO. The van der Waals surface area contributed by atoms with E-state index in [4.69, 9.17) is 4.74 Å². The third-order valence-corrected chi connectivity index (χ3v) is 3.06. The SMILES string of the molecule is COc1ccc(CCCCNC2CC2)cc1. The first-order valence-electron chi connectivity index (χ1n) is 6.25. The van der Waals surface area contributed by atoms with Crippen molar-refractivity contribution in [1.82, 2.24) is 5.32 Å². The molecule has 2 heteroatoms. The van der Waals surface area contributed by atoms with Gasteiger partial charge in [0.05, 0.1) is 7.11 Å². The molecule has 1 aliphatic carbocycles. The second kappa shape index (κ2) is 5.90. The van der Waals surface area contributed by atoms with Gasteiger partial charge in [0.15, 0.2) is 0 Å². The van der Waals surface area contributed by atoms with Gasteiger partial charge in [-0.05, 0) is 56.3 Å². The van der Waals surface area contributed by atoms with Gasteiger partial charge in [-0.15, -0.1) is 0 Å². The van der Waals surface area contributed by atoms with Gasteiger partial charge >= 0.3 is 0 Å². The summed E-state index contributed by atoms with van der Waals surface area (Å²) in [7, 11) is 1.71. The Morgan fingerprint density at radius 2 is 1.94 bits per heavy atom. The van der Waals surface area contributed by atoms with Gasteiger partial charge in [0.25, 0.3) is 0 Å². The highest BCUT2D eigenvalue weighted by atomic mass is 16.5. The van der Waals surface area contributed by atoms with Crippen molar-refractivity contribution in [2.75, 3.05) is 13.7 Å². The normalized spacial score (nSPS) is 15.1. The van der Waals surface area contributed by atoms with Crippen LogP contribution in [0.25, 0.3) is 0 Å². The van der Waals surface area contributed by atoms with Crippen LogP contribution in [-0.4, -0.2) is 19.7 Å². The highest BCUT2D eigenvalue weighted by Crippen LogP contribution is 2.18. The van der Waals surface area contributed by atoms with E-state index in [-0.39, 0.29) is 0 Å². The Morgan fingerprint density at radius 1 is 1.19 bits per heavy atom. The van der Waals surface area contributed by atoms with Crippen LogP contribution in [-0.2, 0) is 6.42 Å². The zero-order valence-corrected chi connectivity index (χ0v) is 10.0. The van der Waals surface area contributed by atoms with E-state index in [1.165, 1.54) is 44.2 Å². The van der Waals surface area contributed by atoms with E-state index in [1.807, 2.05) is 12.1 Å². The van der Waals surface area contributed by atoms with Crippen LogP contribution in [0.5, 0.6) is 5.75 Å². The average Bonchev–Trinajstić information content (AvgIpc) is 3.13. The predicted octanol–water partition coefficient (Wildman–Crippen LogP) is 2.77. The van der Waals surface area contributed by atoms with Crippen molar-refractivity contribution in [3.63, 3.8) is 0 Å². The molecule has 0 amide bonds. The molecule has 1 aromatic carbocycles. The maximum absolute atomic E-state index is 5.14. The molecule has 0 atom stereocenters. The summed E-state index contributed by atoms with van der Waals surface area (Å²) in [5.74, 6) is 0.944. The number of hydrogen-bond acceptors (Lipinski definition) is 2. The fourth-order valence-corrected chi connectivity index (χ4v) is 1.84. The van der Waals surface area contributed by atoms with Crippen LogP contribution in [0.1, 0.15) is 31.2 Å². The number of nitrogens with one attached hydrogen (secondary N) is 1. The number of aryl methyl sites for hydroxylation is 1. The van der Waals surface area contributed by atoms with Gasteiger partial charge < -0.3 is 10.1 Å². The minimum atomic E-state index is 0.848. The van der Waals surface area contributed by atoms with Crippen molar-refractivity contribution in [3.8, 4) is 5.75 Å². The molecule has 1 aliphatic rings. The first-order valence-corrected chi connectivity index (χ1v) is 6.25. The second-order valence-corrected chi connectivity index (χ2v) is 4.53. The summed E-state index contributed by atoms with van der Waals surface area (Å²) in [6, 6.07) is 9.25. The molecule has 1 N–H and O–H groups in total. The monoisotopic (exact) mass is 219 g/mol. The van der Waals surface area contributed by atoms with E-state index in [2.05, 4.69) is 17.4 Å². The summed E-state index contributed by atoms with van der Waals surface area (Å²) < 4.78 is 5.14. The van der Waals surface area contributed by atoms with Crippen LogP contribution < -0.4 is 10.1 Å². The first-order chi connectivity index (χ1) is 7.88. The van der Waals surface area contributed by atoms with Gasteiger partial charge in [0.1, 0.15) is 5.75 Å². The van der Waals surface area contributed by atoms with E-state index in [1.54, 1.807) is 7.11 Å². The predicted molar refractivity (Wildman–Crippen MR) is 67.0 cm³/mol. The summed E-state index contributed by atoms with van der Waals surface area (Å²) in [5.41, 5.74) is 1.41. The molecule has 1 aromatic rings. The maximum atomic E-state index is 5.14. The molecular weight excluding hydrogens is 198 g/mol. The van der Waals surface area contributed by atoms with Gasteiger partial charge in [0, 0.05) is 6.04 Å². The van der Waals surface area contributed by atoms with E-state index in [0.29, 0.717) is 0 Å². The maximum Gasteiger partial charge on any atom is 0.118 e. The van der Waals surface area contributed by atoms with E-state index < -0.39 is 0 Å². The molecule has 0 saturated heterocycles. The topological polar surface area (TPSA) is 21.3 Å². The highest BCUT2D eigenvalue weighted by molar-refractivity contribution is 5.27. The second-order valence-electron chi connectivity index (χ2n) is 4.53. The number of benzene rings is 1. The minimum Gasteiger partial charge on any atom is -0.497 e. The molecule has 2 rings (SSSR count). The van der Waals surface area contributed by atoms with Crippen molar-refractivity contribution < 1.29 is 4.74 Å². The molecule has 0 heterocycles. The number of hydrogen-bond donors (Lipinski definition) is 1. The fraction of sp³-hybridized carbons (Fsp3) is 0.571. The van der Waals surface area contributed by atoms with Crippen molar-refractivity contribution in [2.45, 2.75) is 38.1 Å². The Bertz CT molecular complexity index is 303. The Labute approximate surface area is 98.0 Å². The zero-order chi connectivity index (χ0) is 11.2. The van der Waals surface area contributed by atoms with E-state index >= 15 is 0 Å². The number of ether oxygens (including phenoxy) is 1. The molecule has 1 saturated carbocycles. The molecule has 0 aliphatic heterocycles. The Morgan fingerprint density at radius 3 is 2.56 bits per heavy atom. The van der Waals surface area contributed by atoms with Crippen molar-refractivity contribution in [1.29, 1.82) is 0 Å². The minimum absolute atomic E-state index is 0.848. The van der Waals surface area contributed by atoms with Crippen molar-refractivity contribution in [3.05, 3.63) is 29.8 Å². The number of unbranched alkanes of at least 4 members (excludes halogenated alkanes) is 1. The third-order valence-electron chi connectivity index (χ3n) is 3.06. The van der Waals surface area contributed by atoms with Crippen molar-refractivity contribution >= 4 is 0 Å². The summed E-state index contributed by atoms with van der Waals surface area (Å²) in [5, 5.41) is 3.54. The van der Waals surface area contributed by atoms with Crippen molar-refractivity contribution in [2.24, 2.45) is 0 Å². The molecule has 0 aromatic heterocycles. The quantitative estimate of drug-likeness (QED) is 0.712. The van der Waals surface area contributed by atoms with Gasteiger partial charge in [-0.3, -0.25) is 0 Å². The fourth-order valence-electron chi connectivity index (χ4n) is 1.84. The lowest BCUT2D eigenvalue weighted by atomic mass is 10.1. The number of methoxy groups -OCH3 is 1. The standard InChI is InChI=1S/C14H21NO/c1-16-14-9-5-12(6-10-14)4-2-3-11-15-13-7-8-13/h5-6,9-10,13,15H,2-4,7-8,11H2,1H3. The molecule has 0 unspecified atom stereocenters. The molecule has 0 bridgehead atoms. The average molecular weight is 219 g/mol. The van der Waals surface area contributed by atoms with Gasteiger partial charge in [0.2, 0.25) is 0 Å². The highest BCUT2D eigenvalue weighted by Gasteiger charge is 2.19. The van der Waals surface area contributed by atoms with Crippen LogP contribution in [0.15, 0.2) is 24.3 Å². The summed E-state index contributed by atoms with van der Waals surface area (Å²) in [4.78, 5) is 0. The molecule has 2 nitrogen and oxygen atoms in total. The third kappa shape index (κ3) is 3.86. The summed E-state index contributed by atoms with van der Waals surface area (Å²) in [6.45, 7) is 1.18. The molecule has 88 valence electrons. The van der Waals surface area contributed by atoms with E-state index in [0.717, 1.165) is 11.8 Å². The lowest BCUT2D eigenvalue weighted by Crippen LogP contribution is -2.17. The van der Waals surface area contributed by atoms with Crippen LogP contribution in [0, 0.1) is 0 Å². The molecule has 1 fully saturated rings. The summed E-state index contributed by atoms with van der Waals surface area (Å²) >= 11 is 0. The van der Waals surface area contributed by atoms with Crippen LogP contribution in [0.2, 0.25) is 0 Å². The first kappa shape index (κ1) is 11.5. The van der Waals surface area contributed by atoms with Crippen LogP contribution in [0.3, 0.4) is 0 Å². The Balaban J connectivity index is 1.60. The van der Waals surface area contributed by atoms with Gasteiger partial charge in [-0.1, -0.05) is 12.1 Å². The summed E-state index contributed by atoms with van der Waals surface area (Å²) in [6.07, 6.45) is 6.50. The van der Waals surface area contributed by atoms with E-state index in [9.17, 15) is 0 Å². The van der Waals surface area contributed by atoms with Gasteiger partial charge in [-0.25, -0.2) is 0 Å². The molecule has 16 heavy (non-hydrogen) atoms. The Kier molecular flexibility index (Phi) is 4.23. The van der Waals surface area contributed by atoms with Crippen LogP contribution >= 0.6 is 0 Å². The number of rotatable bonds is 7. The zero-order valence-electron chi connectivity index (χ0n) is 10.0. The molecule has 0 radical (unpaired) electrons. The lowest BCUT2D eigenvalue weighted by Gasteiger charge is -2.04. The molecule has 0 spiro atoms.